The third kappa shape index (κ3) is 4.03. The van der Waals surface area contributed by atoms with Crippen LogP contribution < -0.4 is 15.4 Å². The summed E-state index contributed by atoms with van der Waals surface area (Å²) in [5, 5.41) is 6.42. The maximum Gasteiger partial charge on any atom is 0.227 e. The van der Waals surface area contributed by atoms with Gasteiger partial charge < -0.3 is 15.4 Å². The number of ether oxygens (including phenoxy) is 1. The number of aromatic nitrogens is 2. The summed E-state index contributed by atoms with van der Waals surface area (Å²) < 4.78 is 33.9. The van der Waals surface area contributed by atoms with Crippen molar-refractivity contribution in [3.63, 3.8) is 0 Å². The van der Waals surface area contributed by atoms with Crippen molar-refractivity contribution in [2.24, 2.45) is 0 Å². The number of rotatable bonds is 0. The SMILES string of the molecule is [CH2]c1cc2cc(c1)Nc1ncc(F)c(n1)-c1ccc(F)cc1OCCCCN2. The largest absolute Gasteiger partial charge is 0.493 e. The lowest BCUT2D eigenvalue weighted by Crippen LogP contribution is -2.05. The molecule has 0 fully saturated rings. The quantitative estimate of drug-likeness (QED) is 0.578. The van der Waals surface area contributed by atoms with Crippen LogP contribution in [0.2, 0.25) is 0 Å². The van der Waals surface area contributed by atoms with Gasteiger partial charge >= 0.3 is 0 Å². The molecule has 4 bridgehead atoms. The molecule has 0 amide bonds. The molecule has 2 heterocycles. The molecule has 28 heavy (non-hydrogen) atoms. The smallest absolute Gasteiger partial charge is 0.227 e. The van der Waals surface area contributed by atoms with E-state index in [4.69, 9.17) is 4.74 Å². The number of halogens is 2. The summed E-state index contributed by atoms with van der Waals surface area (Å²) in [5.74, 6) is -0.588. The molecule has 0 saturated heterocycles. The van der Waals surface area contributed by atoms with Gasteiger partial charge in [-0.05, 0) is 55.7 Å². The van der Waals surface area contributed by atoms with Crippen molar-refractivity contribution < 1.29 is 13.5 Å². The van der Waals surface area contributed by atoms with Gasteiger partial charge in [0.1, 0.15) is 17.3 Å². The number of nitrogens with one attached hydrogen (secondary N) is 2. The summed E-state index contributed by atoms with van der Waals surface area (Å²) in [5.41, 5.74) is 2.90. The number of anilines is 3. The van der Waals surface area contributed by atoms with Crippen LogP contribution in [0, 0.1) is 18.6 Å². The van der Waals surface area contributed by atoms with Gasteiger partial charge in [0.2, 0.25) is 5.95 Å². The molecule has 0 atom stereocenters. The monoisotopic (exact) mass is 381 g/mol. The minimum atomic E-state index is -0.611. The Kier molecular flexibility index (Phi) is 5.06. The lowest BCUT2D eigenvalue weighted by molar-refractivity contribution is 0.308. The van der Waals surface area contributed by atoms with Crippen molar-refractivity contribution in [3.8, 4) is 17.0 Å². The van der Waals surface area contributed by atoms with Gasteiger partial charge in [0.05, 0.1) is 12.8 Å². The van der Waals surface area contributed by atoms with Crippen LogP contribution in [0.4, 0.5) is 26.1 Å². The van der Waals surface area contributed by atoms with E-state index in [1.54, 1.807) is 0 Å². The van der Waals surface area contributed by atoms with Crippen LogP contribution in [0.1, 0.15) is 18.4 Å². The van der Waals surface area contributed by atoms with E-state index >= 15 is 0 Å². The minimum absolute atomic E-state index is 0.0477. The zero-order valence-corrected chi connectivity index (χ0v) is 15.1. The molecule has 2 aromatic carbocycles. The standard InChI is InChI=1S/C21H19F2N4O/c1-13-8-15-11-16(9-13)26-21-25-12-18(23)20(27-21)17-5-4-14(22)10-19(17)28-7-3-2-6-24-15/h4-5,8-12,24H,1-3,6-7H2,(H,25,26,27). The molecule has 1 aromatic heterocycles. The molecule has 2 N–H and O–H groups in total. The molecule has 0 unspecified atom stereocenters. The number of hydrogen-bond acceptors (Lipinski definition) is 5. The molecule has 1 radical (unpaired) electrons. The van der Waals surface area contributed by atoms with Crippen LogP contribution in [0.5, 0.6) is 5.75 Å². The molecule has 5 nitrogen and oxygen atoms in total. The van der Waals surface area contributed by atoms with E-state index in [2.05, 4.69) is 27.5 Å². The zero-order chi connectivity index (χ0) is 19.5. The predicted octanol–water partition coefficient (Wildman–Crippen LogP) is 4.93. The van der Waals surface area contributed by atoms with E-state index in [1.165, 1.54) is 18.2 Å². The number of benzene rings is 2. The third-order valence-electron chi connectivity index (χ3n) is 4.35. The first-order valence-corrected chi connectivity index (χ1v) is 9.02. The van der Waals surface area contributed by atoms with Gasteiger partial charge in [0.15, 0.2) is 5.82 Å². The van der Waals surface area contributed by atoms with E-state index in [0.717, 1.165) is 42.5 Å². The zero-order valence-electron chi connectivity index (χ0n) is 15.1. The summed E-state index contributed by atoms with van der Waals surface area (Å²) in [7, 11) is 0. The second-order valence-electron chi connectivity index (χ2n) is 6.56. The topological polar surface area (TPSA) is 59.1 Å². The van der Waals surface area contributed by atoms with E-state index < -0.39 is 11.6 Å². The Morgan fingerprint density at radius 2 is 1.89 bits per heavy atom. The first-order valence-electron chi connectivity index (χ1n) is 9.02. The molecule has 1 aliphatic heterocycles. The second-order valence-corrected chi connectivity index (χ2v) is 6.56. The molecule has 0 saturated carbocycles. The molecule has 0 aliphatic carbocycles. The minimum Gasteiger partial charge on any atom is -0.493 e. The Labute approximate surface area is 161 Å². The summed E-state index contributed by atoms with van der Waals surface area (Å²) in [4.78, 5) is 8.31. The Hall–Kier alpha value is -3.22. The Morgan fingerprint density at radius 1 is 1.04 bits per heavy atom. The Balaban J connectivity index is 1.80. The van der Waals surface area contributed by atoms with Crippen LogP contribution in [0.3, 0.4) is 0 Å². The maximum atomic E-state index is 14.5. The first kappa shape index (κ1) is 18.2. The normalized spacial score (nSPS) is 13.8. The van der Waals surface area contributed by atoms with Crippen LogP contribution in [0.15, 0.2) is 42.6 Å². The van der Waals surface area contributed by atoms with E-state index in [0.29, 0.717) is 12.2 Å². The second kappa shape index (κ2) is 7.80. The molecule has 7 heteroatoms. The highest BCUT2D eigenvalue weighted by molar-refractivity contribution is 5.70. The van der Waals surface area contributed by atoms with E-state index in [9.17, 15) is 8.78 Å². The highest BCUT2D eigenvalue weighted by Crippen LogP contribution is 2.32. The van der Waals surface area contributed by atoms with Crippen molar-refractivity contribution in [1.29, 1.82) is 0 Å². The average molecular weight is 381 g/mol. The van der Waals surface area contributed by atoms with Crippen LogP contribution in [-0.4, -0.2) is 23.1 Å². The van der Waals surface area contributed by atoms with Crippen molar-refractivity contribution in [1.82, 2.24) is 9.97 Å². The van der Waals surface area contributed by atoms with Gasteiger partial charge in [-0.3, -0.25) is 0 Å². The highest BCUT2D eigenvalue weighted by Gasteiger charge is 2.16. The molecule has 1 aliphatic rings. The van der Waals surface area contributed by atoms with Crippen molar-refractivity contribution in [2.75, 3.05) is 23.8 Å². The van der Waals surface area contributed by atoms with Gasteiger partial charge in [-0.1, -0.05) is 0 Å². The van der Waals surface area contributed by atoms with Gasteiger partial charge in [-0.2, -0.15) is 0 Å². The fourth-order valence-corrected chi connectivity index (χ4v) is 3.06. The van der Waals surface area contributed by atoms with Gasteiger partial charge in [0.25, 0.3) is 0 Å². The summed E-state index contributed by atoms with van der Waals surface area (Å²) >= 11 is 0. The van der Waals surface area contributed by atoms with Crippen LogP contribution in [-0.2, 0) is 0 Å². The fourth-order valence-electron chi connectivity index (χ4n) is 3.06. The van der Waals surface area contributed by atoms with Crippen molar-refractivity contribution in [3.05, 3.63) is 66.7 Å². The number of hydrogen-bond donors (Lipinski definition) is 2. The van der Waals surface area contributed by atoms with E-state index in [1.807, 2.05) is 18.2 Å². The highest BCUT2D eigenvalue weighted by atomic mass is 19.1. The van der Waals surface area contributed by atoms with E-state index in [-0.39, 0.29) is 17.4 Å². The molecule has 3 aromatic rings. The molecule has 143 valence electrons. The predicted molar refractivity (Wildman–Crippen MR) is 105 cm³/mol. The lowest BCUT2D eigenvalue weighted by Gasteiger charge is -2.13. The van der Waals surface area contributed by atoms with Gasteiger partial charge in [0, 0.05) is 29.5 Å². The number of fused-ring (bicyclic) bond motifs is 6. The Morgan fingerprint density at radius 3 is 2.79 bits per heavy atom. The van der Waals surface area contributed by atoms with Crippen LogP contribution in [0.25, 0.3) is 11.3 Å². The summed E-state index contributed by atoms with van der Waals surface area (Å²) in [6, 6.07) is 9.68. The lowest BCUT2D eigenvalue weighted by atomic mass is 10.1. The van der Waals surface area contributed by atoms with Gasteiger partial charge in [-0.15, -0.1) is 0 Å². The molecular formula is C21H19F2N4O. The number of nitrogens with zero attached hydrogens (tertiary/aromatic N) is 2. The van der Waals surface area contributed by atoms with Gasteiger partial charge in [-0.25, -0.2) is 18.7 Å². The van der Waals surface area contributed by atoms with Crippen molar-refractivity contribution in [2.45, 2.75) is 12.8 Å². The van der Waals surface area contributed by atoms with Crippen molar-refractivity contribution >= 4 is 17.3 Å². The summed E-state index contributed by atoms with van der Waals surface area (Å²) in [6.07, 6.45) is 2.70. The third-order valence-corrected chi connectivity index (χ3v) is 4.35. The first-order chi connectivity index (χ1) is 13.6. The average Bonchev–Trinajstić information content (AvgIpc) is 2.66. The van der Waals surface area contributed by atoms with Crippen LogP contribution >= 0.6 is 0 Å². The molecule has 0 spiro atoms. The summed E-state index contributed by atoms with van der Waals surface area (Å²) in [6.45, 7) is 5.12. The maximum absolute atomic E-state index is 14.5. The Bertz CT molecular complexity index is 1010. The molecule has 4 rings (SSSR count). The molecular weight excluding hydrogens is 362 g/mol. The fraction of sp³-hybridized carbons (Fsp3) is 0.190.